The topological polar surface area (TPSA) is 123 Å². The largest absolute Gasteiger partial charge is 0.497 e. The molecule has 3 aromatic rings. The van der Waals surface area contributed by atoms with Crippen molar-refractivity contribution in [2.45, 2.75) is 16.2 Å². The number of nitrogens with zero attached hydrogens (tertiary/aromatic N) is 2. The first-order chi connectivity index (χ1) is 15.4. The lowest BCUT2D eigenvalue weighted by atomic mass is 10.2. The summed E-state index contributed by atoms with van der Waals surface area (Å²) in [5.41, 5.74) is 1.31. The summed E-state index contributed by atoms with van der Waals surface area (Å²) in [6.45, 7) is 2.22. The highest BCUT2D eigenvalue weighted by Crippen LogP contribution is 2.36. The highest BCUT2D eigenvalue weighted by molar-refractivity contribution is 8.01. The molecule has 166 valence electrons. The number of nitrogens with one attached hydrogen (secondary N) is 2. The average Bonchev–Trinajstić information content (AvgIpc) is 3.21. The van der Waals surface area contributed by atoms with Crippen LogP contribution in [0.1, 0.15) is 26.4 Å². The van der Waals surface area contributed by atoms with Crippen LogP contribution in [-0.4, -0.2) is 41.9 Å². The van der Waals surface area contributed by atoms with Gasteiger partial charge in [0.05, 0.1) is 16.9 Å². The number of benzene rings is 2. The van der Waals surface area contributed by atoms with Crippen LogP contribution in [0.15, 0.2) is 57.1 Å². The van der Waals surface area contributed by atoms with Crippen LogP contribution in [-0.2, 0) is 0 Å². The molecule has 2 aromatic carbocycles. The molecule has 2 N–H and O–H groups in total. The molecule has 9 nitrogen and oxygen atoms in total. The van der Waals surface area contributed by atoms with Crippen LogP contribution >= 0.6 is 23.1 Å². The molecule has 0 unspecified atom stereocenters. The normalized spacial score (nSPS) is 10.4. The van der Waals surface area contributed by atoms with E-state index in [9.17, 15) is 19.7 Å². The fourth-order valence-corrected chi connectivity index (χ4v) is 4.54. The van der Waals surface area contributed by atoms with Crippen molar-refractivity contribution in [1.82, 2.24) is 15.6 Å². The second-order valence-electron chi connectivity index (χ2n) is 6.54. The van der Waals surface area contributed by atoms with Crippen LogP contribution < -0.4 is 15.4 Å². The highest BCUT2D eigenvalue weighted by Gasteiger charge is 2.19. The van der Waals surface area contributed by atoms with Crippen LogP contribution in [0.25, 0.3) is 0 Å². The number of hydrogen-bond donors (Lipinski definition) is 2. The number of nitro benzene ring substituents is 1. The molecule has 0 atom stereocenters. The molecule has 2 amide bonds. The number of rotatable bonds is 9. The Balaban J connectivity index is 1.55. The number of ether oxygens (including phenoxy) is 1. The second-order valence-corrected chi connectivity index (χ2v) is 8.68. The number of aromatic nitrogens is 1. The van der Waals surface area contributed by atoms with E-state index in [1.165, 1.54) is 35.2 Å². The number of carbonyl (C=O) groups is 2. The minimum atomic E-state index is -0.519. The van der Waals surface area contributed by atoms with Gasteiger partial charge >= 0.3 is 0 Å². The summed E-state index contributed by atoms with van der Waals surface area (Å²) < 4.78 is 5.74. The van der Waals surface area contributed by atoms with Crippen molar-refractivity contribution in [3.05, 3.63) is 74.8 Å². The first-order valence-corrected chi connectivity index (χ1v) is 11.2. The summed E-state index contributed by atoms with van der Waals surface area (Å²) in [6.07, 6.45) is 0. The van der Waals surface area contributed by atoms with E-state index >= 15 is 0 Å². The molecule has 11 heteroatoms. The Hall–Kier alpha value is -3.44. The van der Waals surface area contributed by atoms with Crippen LogP contribution in [0.2, 0.25) is 0 Å². The second kappa shape index (κ2) is 10.7. The summed E-state index contributed by atoms with van der Waals surface area (Å²) in [5.74, 6) is -0.0983. The summed E-state index contributed by atoms with van der Waals surface area (Å²) >= 11 is 2.59. The number of amides is 2. The molecule has 0 fully saturated rings. The lowest BCUT2D eigenvalue weighted by Crippen LogP contribution is -2.34. The Morgan fingerprint density at radius 2 is 1.72 bits per heavy atom. The van der Waals surface area contributed by atoms with Crippen molar-refractivity contribution >= 4 is 40.6 Å². The molecule has 0 aliphatic heterocycles. The highest BCUT2D eigenvalue weighted by atomic mass is 32.2. The van der Waals surface area contributed by atoms with Gasteiger partial charge in [0, 0.05) is 41.4 Å². The number of carbonyl (C=O) groups excluding carboxylic acids is 2. The Bertz CT molecular complexity index is 1130. The molecular weight excluding hydrogens is 452 g/mol. The van der Waals surface area contributed by atoms with Crippen molar-refractivity contribution in [2.75, 3.05) is 20.2 Å². The number of nitro groups is 1. The van der Waals surface area contributed by atoms with Crippen LogP contribution in [0.5, 0.6) is 5.75 Å². The molecule has 0 saturated carbocycles. The van der Waals surface area contributed by atoms with E-state index in [2.05, 4.69) is 15.6 Å². The monoisotopic (exact) mass is 472 g/mol. The number of methoxy groups -OCH3 is 1. The molecule has 0 spiro atoms. The SMILES string of the molecule is COc1ccc(C(=O)NCCNC(=O)c2ccc(Sc3nc(C)cs3)c([N+](=O)[O-])c2)cc1. The van der Waals surface area contributed by atoms with E-state index in [4.69, 9.17) is 4.74 Å². The zero-order chi connectivity index (χ0) is 23.1. The molecule has 0 saturated heterocycles. The van der Waals surface area contributed by atoms with Gasteiger partial charge in [0.2, 0.25) is 0 Å². The van der Waals surface area contributed by atoms with Gasteiger partial charge in [0.1, 0.15) is 5.75 Å². The third-order valence-electron chi connectivity index (χ3n) is 4.26. The van der Waals surface area contributed by atoms with Gasteiger partial charge in [-0.05, 0) is 43.3 Å². The smallest absolute Gasteiger partial charge is 0.284 e. The van der Waals surface area contributed by atoms with Crippen molar-refractivity contribution in [3.63, 3.8) is 0 Å². The van der Waals surface area contributed by atoms with Gasteiger partial charge in [-0.1, -0.05) is 11.8 Å². The Kier molecular flexibility index (Phi) is 7.79. The van der Waals surface area contributed by atoms with Crippen molar-refractivity contribution in [2.24, 2.45) is 0 Å². The van der Waals surface area contributed by atoms with Gasteiger partial charge in [-0.3, -0.25) is 19.7 Å². The Morgan fingerprint density at radius 3 is 2.28 bits per heavy atom. The summed E-state index contributed by atoms with van der Waals surface area (Å²) in [7, 11) is 1.54. The van der Waals surface area contributed by atoms with Gasteiger partial charge in [-0.15, -0.1) is 11.3 Å². The van der Waals surface area contributed by atoms with Crippen molar-refractivity contribution in [3.8, 4) is 5.75 Å². The molecule has 1 aromatic heterocycles. The predicted octanol–water partition coefficient (Wildman–Crippen LogP) is 3.68. The maximum atomic E-state index is 12.4. The predicted molar refractivity (Wildman–Crippen MR) is 122 cm³/mol. The third kappa shape index (κ3) is 6.05. The van der Waals surface area contributed by atoms with E-state index < -0.39 is 10.8 Å². The first kappa shape index (κ1) is 23.2. The molecule has 3 rings (SSSR count). The minimum Gasteiger partial charge on any atom is -0.497 e. The molecule has 0 bridgehead atoms. The van der Waals surface area contributed by atoms with Crippen molar-refractivity contribution in [1.29, 1.82) is 0 Å². The molecule has 0 aliphatic rings. The molecule has 1 heterocycles. The maximum Gasteiger partial charge on any atom is 0.284 e. The molecule has 0 aliphatic carbocycles. The Labute approximate surface area is 192 Å². The number of aryl methyl sites for hydroxylation is 1. The van der Waals surface area contributed by atoms with E-state index in [1.54, 1.807) is 37.4 Å². The quantitative estimate of drug-likeness (QED) is 0.277. The molecular formula is C21H20N4O5S2. The van der Waals surface area contributed by atoms with E-state index in [-0.39, 0.29) is 30.2 Å². The Morgan fingerprint density at radius 1 is 1.09 bits per heavy atom. The third-order valence-corrected chi connectivity index (χ3v) is 6.38. The minimum absolute atomic E-state index is 0.164. The van der Waals surface area contributed by atoms with E-state index in [0.717, 1.165) is 5.69 Å². The van der Waals surface area contributed by atoms with E-state index in [1.807, 2.05) is 12.3 Å². The zero-order valence-corrected chi connectivity index (χ0v) is 18.9. The van der Waals surface area contributed by atoms with E-state index in [0.29, 0.717) is 20.5 Å². The number of hydrogen-bond acceptors (Lipinski definition) is 8. The van der Waals surface area contributed by atoms with Gasteiger partial charge in [0.25, 0.3) is 17.5 Å². The average molecular weight is 473 g/mol. The first-order valence-electron chi connectivity index (χ1n) is 9.46. The lowest BCUT2D eigenvalue weighted by Gasteiger charge is -2.08. The summed E-state index contributed by atoms with van der Waals surface area (Å²) in [5, 5.41) is 18.7. The van der Waals surface area contributed by atoms with Crippen LogP contribution in [0.3, 0.4) is 0 Å². The van der Waals surface area contributed by atoms with Gasteiger partial charge in [-0.2, -0.15) is 0 Å². The fraction of sp³-hybridized carbons (Fsp3) is 0.190. The molecule has 0 radical (unpaired) electrons. The van der Waals surface area contributed by atoms with Crippen molar-refractivity contribution < 1.29 is 19.2 Å². The lowest BCUT2D eigenvalue weighted by molar-refractivity contribution is -0.387. The van der Waals surface area contributed by atoms with Gasteiger partial charge in [0.15, 0.2) is 4.34 Å². The fourth-order valence-electron chi connectivity index (χ4n) is 2.66. The number of thiazole rings is 1. The van der Waals surface area contributed by atoms with Crippen LogP contribution in [0, 0.1) is 17.0 Å². The molecule has 32 heavy (non-hydrogen) atoms. The zero-order valence-electron chi connectivity index (χ0n) is 17.3. The maximum absolute atomic E-state index is 12.4. The van der Waals surface area contributed by atoms with Gasteiger partial charge in [-0.25, -0.2) is 4.98 Å². The van der Waals surface area contributed by atoms with Crippen LogP contribution in [0.4, 0.5) is 5.69 Å². The summed E-state index contributed by atoms with van der Waals surface area (Å²) in [6, 6.07) is 11.0. The summed E-state index contributed by atoms with van der Waals surface area (Å²) in [4.78, 5) is 40.2. The standard InChI is InChI=1S/C21H20N4O5S2/c1-13-12-31-21(24-13)32-18-8-5-15(11-17(18)25(28)29)20(27)23-10-9-22-19(26)14-3-6-16(30-2)7-4-14/h3-8,11-12H,9-10H2,1-2H3,(H,22,26)(H,23,27). The van der Waals surface area contributed by atoms with Gasteiger partial charge < -0.3 is 15.4 Å².